The Labute approximate surface area is 106 Å². The van der Waals surface area contributed by atoms with E-state index in [2.05, 4.69) is 4.90 Å². The van der Waals surface area contributed by atoms with E-state index in [4.69, 9.17) is 9.52 Å². The summed E-state index contributed by atoms with van der Waals surface area (Å²) in [6.45, 7) is 3.96. The predicted octanol–water partition coefficient (Wildman–Crippen LogP) is 0.858. The first kappa shape index (κ1) is 13.1. The molecule has 0 amide bonds. The summed E-state index contributed by atoms with van der Waals surface area (Å²) in [5.41, 5.74) is -0.399. The maximum atomic E-state index is 11.5. The molecule has 5 heteroatoms. The van der Waals surface area contributed by atoms with Crippen LogP contribution in [-0.2, 0) is 6.54 Å². The van der Waals surface area contributed by atoms with Crippen molar-refractivity contribution in [1.29, 1.82) is 0 Å². The van der Waals surface area contributed by atoms with Crippen LogP contribution in [0, 0.1) is 12.8 Å². The third kappa shape index (κ3) is 2.91. The molecular weight excluding hydrogens is 234 g/mol. The van der Waals surface area contributed by atoms with Gasteiger partial charge in [-0.05, 0) is 32.2 Å². The largest absolute Gasteiger partial charge is 0.502 e. The van der Waals surface area contributed by atoms with Crippen molar-refractivity contribution in [2.75, 3.05) is 19.7 Å². The second-order valence-corrected chi connectivity index (χ2v) is 4.92. The van der Waals surface area contributed by atoms with Gasteiger partial charge in [0.2, 0.25) is 11.2 Å². The van der Waals surface area contributed by atoms with Crippen molar-refractivity contribution >= 4 is 0 Å². The molecule has 1 aliphatic rings. The standard InChI is InChI=1S/C13H19NO4/c1-9-5-11(16)13(17)12(18-9)7-14-4-2-3-10(6-14)8-15/h5,10,15,17H,2-4,6-8H2,1H3. The van der Waals surface area contributed by atoms with Gasteiger partial charge in [-0.3, -0.25) is 9.69 Å². The molecule has 0 aromatic carbocycles. The minimum atomic E-state index is -0.399. The van der Waals surface area contributed by atoms with E-state index in [0.29, 0.717) is 18.1 Å². The SMILES string of the molecule is Cc1cc(=O)c(O)c(CN2CCCC(CO)C2)o1. The van der Waals surface area contributed by atoms with E-state index < -0.39 is 5.43 Å². The number of nitrogens with zero attached hydrogens (tertiary/aromatic N) is 1. The molecule has 5 nitrogen and oxygen atoms in total. The number of rotatable bonds is 3. The van der Waals surface area contributed by atoms with Gasteiger partial charge in [-0.15, -0.1) is 0 Å². The number of likely N-dealkylation sites (tertiary alicyclic amines) is 1. The number of hydrogen-bond donors (Lipinski definition) is 2. The lowest BCUT2D eigenvalue weighted by atomic mass is 9.99. The smallest absolute Gasteiger partial charge is 0.227 e. The molecule has 1 saturated heterocycles. The van der Waals surface area contributed by atoms with E-state index in [-0.39, 0.29) is 18.3 Å². The van der Waals surface area contributed by atoms with Crippen molar-refractivity contribution < 1.29 is 14.6 Å². The summed E-state index contributed by atoms with van der Waals surface area (Å²) in [4.78, 5) is 13.6. The normalized spacial score (nSPS) is 21.1. The molecule has 0 spiro atoms. The molecule has 1 aromatic heterocycles. The highest BCUT2D eigenvalue weighted by Crippen LogP contribution is 2.21. The molecule has 1 aliphatic heterocycles. The summed E-state index contributed by atoms with van der Waals surface area (Å²) in [6, 6.07) is 1.28. The van der Waals surface area contributed by atoms with Crippen LogP contribution in [0.4, 0.5) is 0 Å². The molecule has 1 unspecified atom stereocenters. The topological polar surface area (TPSA) is 73.9 Å². The molecule has 100 valence electrons. The summed E-state index contributed by atoms with van der Waals surface area (Å²) in [7, 11) is 0. The number of aliphatic hydroxyl groups is 1. The van der Waals surface area contributed by atoms with Crippen molar-refractivity contribution in [1.82, 2.24) is 4.90 Å². The van der Waals surface area contributed by atoms with Gasteiger partial charge in [0.05, 0.1) is 6.54 Å². The number of aliphatic hydroxyl groups excluding tert-OH is 1. The van der Waals surface area contributed by atoms with E-state index in [1.165, 1.54) is 6.07 Å². The zero-order chi connectivity index (χ0) is 13.1. The highest BCUT2D eigenvalue weighted by Gasteiger charge is 2.21. The summed E-state index contributed by atoms with van der Waals surface area (Å²) in [5, 5.41) is 18.9. The van der Waals surface area contributed by atoms with Gasteiger partial charge in [-0.2, -0.15) is 0 Å². The lowest BCUT2D eigenvalue weighted by molar-refractivity contribution is 0.108. The van der Waals surface area contributed by atoms with Crippen LogP contribution < -0.4 is 5.43 Å². The van der Waals surface area contributed by atoms with Crippen LogP contribution in [0.5, 0.6) is 5.75 Å². The van der Waals surface area contributed by atoms with E-state index >= 15 is 0 Å². The molecule has 0 bridgehead atoms. The zero-order valence-corrected chi connectivity index (χ0v) is 10.6. The summed E-state index contributed by atoms with van der Waals surface area (Å²) in [6.07, 6.45) is 2.04. The fourth-order valence-electron chi connectivity index (χ4n) is 2.42. The molecule has 2 heterocycles. The van der Waals surface area contributed by atoms with Crippen LogP contribution in [0.25, 0.3) is 0 Å². The maximum absolute atomic E-state index is 11.5. The first-order chi connectivity index (χ1) is 8.60. The van der Waals surface area contributed by atoms with Gasteiger partial charge in [0.15, 0.2) is 5.76 Å². The number of hydrogen-bond acceptors (Lipinski definition) is 5. The van der Waals surface area contributed by atoms with E-state index in [0.717, 1.165) is 25.9 Å². The summed E-state index contributed by atoms with van der Waals surface area (Å²) < 4.78 is 5.41. The molecule has 0 radical (unpaired) electrons. The van der Waals surface area contributed by atoms with Crippen LogP contribution in [0.2, 0.25) is 0 Å². The van der Waals surface area contributed by atoms with Gasteiger partial charge in [0.1, 0.15) is 5.76 Å². The Balaban J connectivity index is 2.11. The second-order valence-electron chi connectivity index (χ2n) is 4.92. The minimum absolute atomic E-state index is 0.181. The minimum Gasteiger partial charge on any atom is -0.502 e. The first-order valence-electron chi connectivity index (χ1n) is 6.26. The highest BCUT2D eigenvalue weighted by molar-refractivity contribution is 5.24. The van der Waals surface area contributed by atoms with Gasteiger partial charge in [-0.25, -0.2) is 0 Å². The number of aryl methyl sites for hydroxylation is 1. The predicted molar refractivity (Wildman–Crippen MR) is 66.5 cm³/mol. The summed E-state index contributed by atoms with van der Waals surface area (Å²) >= 11 is 0. The molecule has 0 aliphatic carbocycles. The van der Waals surface area contributed by atoms with Gasteiger partial charge in [0, 0.05) is 19.2 Å². The van der Waals surface area contributed by atoms with Crippen molar-refractivity contribution in [2.45, 2.75) is 26.3 Å². The van der Waals surface area contributed by atoms with Crippen molar-refractivity contribution in [2.24, 2.45) is 5.92 Å². The average molecular weight is 253 g/mol. The Bertz CT molecular complexity index is 469. The van der Waals surface area contributed by atoms with Gasteiger partial charge >= 0.3 is 0 Å². The molecule has 2 rings (SSSR count). The van der Waals surface area contributed by atoms with Gasteiger partial charge in [0.25, 0.3) is 0 Å². The Hall–Kier alpha value is -1.33. The fraction of sp³-hybridized carbons (Fsp3) is 0.615. The van der Waals surface area contributed by atoms with Crippen LogP contribution in [0.3, 0.4) is 0 Å². The van der Waals surface area contributed by atoms with E-state index in [1.807, 2.05) is 0 Å². The molecular formula is C13H19NO4. The molecule has 2 N–H and O–H groups in total. The fourth-order valence-corrected chi connectivity index (χ4v) is 2.42. The summed E-state index contributed by atoms with van der Waals surface area (Å²) in [5.74, 6) is 0.797. The Morgan fingerprint density at radius 1 is 1.56 bits per heavy atom. The van der Waals surface area contributed by atoms with Crippen LogP contribution in [-0.4, -0.2) is 34.8 Å². The molecule has 18 heavy (non-hydrogen) atoms. The molecule has 1 atom stereocenters. The molecule has 0 saturated carbocycles. The van der Waals surface area contributed by atoms with E-state index in [9.17, 15) is 9.90 Å². The van der Waals surface area contributed by atoms with Crippen molar-refractivity contribution in [3.05, 3.63) is 27.8 Å². The molecule has 1 fully saturated rings. The third-order valence-corrected chi connectivity index (χ3v) is 3.34. The van der Waals surface area contributed by atoms with E-state index in [1.54, 1.807) is 6.92 Å². The van der Waals surface area contributed by atoms with Gasteiger partial charge in [-0.1, -0.05) is 0 Å². The Morgan fingerprint density at radius 2 is 2.33 bits per heavy atom. The van der Waals surface area contributed by atoms with Crippen LogP contribution in [0.1, 0.15) is 24.4 Å². The third-order valence-electron chi connectivity index (χ3n) is 3.34. The van der Waals surface area contributed by atoms with Gasteiger partial charge < -0.3 is 14.6 Å². The maximum Gasteiger partial charge on any atom is 0.227 e. The highest BCUT2D eigenvalue weighted by atomic mass is 16.4. The Morgan fingerprint density at radius 3 is 3.06 bits per heavy atom. The number of piperidine rings is 1. The average Bonchev–Trinajstić information content (AvgIpc) is 2.35. The lowest BCUT2D eigenvalue weighted by Crippen LogP contribution is -2.36. The van der Waals surface area contributed by atoms with Crippen LogP contribution in [0.15, 0.2) is 15.3 Å². The van der Waals surface area contributed by atoms with Crippen LogP contribution >= 0.6 is 0 Å². The Kier molecular flexibility index (Phi) is 4.04. The monoisotopic (exact) mass is 253 g/mol. The number of aromatic hydroxyl groups is 1. The lowest BCUT2D eigenvalue weighted by Gasteiger charge is -2.31. The zero-order valence-electron chi connectivity index (χ0n) is 10.6. The molecule has 1 aromatic rings. The quantitative estimate of drug-likeness (QED) is 0.835. The first-order valence-corrected chi connectivity index (χ1v) is 6.26. The second kappa shape index (κ2) is 5.54. The van der Waals surface area contributed by atoms with Crippen molar-refractivity contribution in [3.63, 3.8) is 0 Å². The van der Waals surface area contributed by atoms with Crippen molar-refractivity contribution in [3.8, 4) is 5.75 Å².